The van der Waals surface area contributed by atoms with Gasteiger partial charge in [-0.05, 0) is 0 Å². The molecule has 0 aliphatic carbocycles. The summed E-state index contributed by atoms with van der Waals surface area (Å²) < 4.78 is 0. The molecule has 4 nitrogen and oxygen atoms in total. The predicted molar refractivity (Wildman–Crippen MR) is 24.5 cm³/mol. The van der Waals surface area contributed by atoms with Crippen molar-refractivity contribution < 1.29 is 10.3 Å². The molecule has 0 amide bonds. The summed E-state index contributed by atoms with van der Waals surface area (Å²) in [7, 11) is 0. The summed E-state index contributed by atoms with van der Waals surface area (Å²) in [6, 6.07) is 0. The molecule has 0 saturated carbocycles. The first-order valence-corrected chi connectivity index (χ1v) is 0.565. The van der Waals surface area contributed by atoms with E-state index < -0.39 is 5.09 Å². The molecule has 0 spiro atoms. The molecule has 0 aromatic carbocycles. The summed E-state index contributed by atoms with van der Waals surface area (Å²) in [6.07, 6.45) is 0. The Kier molecular flexibility index (Phi) is 26.6. The average molecular weight is 145 g/mol. The van der Waals surface area contributed by atoms with E-state index in [0.717, 1.165) is 0 Å². The maximum atomic E-state index is 8.36. The molecular formula is H4CaKNO3. The van der Waals surface area contributed by atoms with Crippen LogP contribution in [0.2, 0.25) is 0 Å². The molecule has 0 aliphatic heterocycles. The molecule has 0 bridgehead atoms. The average Bonchev–Trinajstić information content (AvgIpc) is 0.811. The van der Waals surface area contributed by atoms with Crippen molar-refractivity contribution in [3.05, 3.63) is 10.1 Å². The fraction of sp³-hybridized carbons (Fsp3) is 0. The molecule has 6 heavy (non-hydrogen) atoms. The first-order valence-electron chi connectivity index (χ1n) is 0.565. The van der Waals surface area contributed by atoms with E-state index in [1.807, 2.05) is 0 Å². The Morgan fingerprint density at radius 3 is 1.67 bits per heavy atom. The zero-order chi connectivity index (χ0) is 3.58. The van der Waals surface area contributed by atoms with Crippen molar-refractivity contribution in [2.24, 2.45) is 0 Å². The Bertz CT molecular complexity index is 33.8. The fourth-order valence-corrected chi connectivity index (χ4v) is 0. The first kappa shape index (κ1) is 15.7. The van der Waals surface area contributed by atoms with Crippen LogP contribution < -0.4 is 0 Å². The summed E-state index contributed by atoms with van der Waals surface area (Å²) >= 11 is 0. The third kappa shape index (κ3) is 36.0. The molecule has 6 heteroatoms. The van der Waals surface area contributed by atoms with Crippen LogP contribution in [0.4, 0.5) is 0 Å². The van der Waals surface area contributed by atoms with Gasteiger partial charge in [0.2, 0.25) is 0 Å². The molecule has 0 saturated heterocycles. The Labute approximate surface area is 107 Å². The second kappa shape index (κ2) is 10.2. The van der Waals surface area contributed by atoms with E-state index in [-0.39, 0.29) is 89.1 Å². The van der Waals surface area contributed by atoms with E-state index >= 15 is 0 Å². The van der Waals surface area contributed by atoms with E-state index in [1.54, 1.807) is 0 Å². The maximum absolute atomic E-state index is 8.36. The Balaban J connectivity index is -0.0000000450. The van der Waals surface area contributed by atoms with Gasteiger partial charge >= 0.3 is 89.1 Å². The van der Waals surface area contributed by atoms with Gasteiger partial charge in [-0.3, -0.25) is 0 Å². The first-order chi connectivity index (χ1) is 1.73. The van der Waals surface area contributed by atoms with E-state index in [2.05, 4.69) is 0 Å². The molecule has 0 atom stereocenters. The van der Waals surface area contributed by atoms with Gasteiger partial charge in [-0.2, -0.15) is 0 Å². The van der Waals surface area contributed by atoms with Crippen LogP contribution >= 0.6 is 0 Å². The normalized spacial score (nSPS) is 4.00. The Morgan fingerprint density at radius 1 is 1.67 bits per heavy atom. The molecule has 0 rings (SSSR count). The molecule has 0 fully saturated rings. The number of nitrogens with zero attached hydrogens (tertiary/aromatic N) is 1. The van der Waals surface area contributed by atoms with Crippen molar-refractivity contribution in [1.29, 1.82) is 0 Å². The van der Waals surface area contributed by atoms with Crippen LogP contribution in [0.5, 0.6) is 0 Å². The van der Waals surface area contributed by atoms with Gasteiger partial charge < -0.3 is 5.21 Å². The minimum atomic E-state index is -1.50. The van der Waals surface area contributed by atoms with Crippen LogP contribution in [0.1, 0.15) is 0 Å². The van der Waals surface area contributed by atoms with Crippen LogP contribution in [0.15, 0.2) is 0 Å². The Morgan fingerprint density at radius 2 is 1.67 bits per heavy atom. The standard InChI is InChI=1S/Ca.K.HNO3.3H/c;;2-1(3)4;;;/h;;(H,2,3,4);;;. The number of rotatable bonds is 0. The van der Waals surface area contributed by atoms with Gasteiger partial charge in [-0.15, -0.1) is 10.1 Å². The van der Waals surface area contributed by atoms with Crippen molar-refractivity contribution in [3.63, 3.8) is 0 Å². The predicted octanol–water partition coefficient (Wildman–Crippen LogP) is -1.91. The van der Waals surface area contributed by atoms with Gasteiger partial charge in [0.15, 0.2) is 0 Å². The third-order valence-electron chi connectivity index (χ3n) is 0. The van der Waals surface area contributed by atoms with Gasteiger partial charge in [-0.25, -0.2) is 0 Å². The summed E-state index contributed by atoms with van der Waals surface area (Å²) in [5.41, 5.74) is 0. The summed E-state index contributed by atoms with van der Waals surface area (Å²) in [6.45, 7) is 0. The fourth-order valence-electron chi connectivity index (χ4n) is 0. The zero-order valence-electron chi connectivity index (χ0n) is 1.71. The van der Waals surface area contributed by atoms with Crippen molar-refractivity contribution in [2.75, 3.05) is 0 Å². The second-order valence-corrected chi connectivity index (χ2v) is 0.238. The zero-order valence-corrected chi connectivity index (χ0v) is 1.71. The number of hydrogen-bond donors (Lipinski definition) is 1. The molecule has 0 aromatic rings. The van der Waals surface area contributed by atoms with Crippen molar-refractivity contribution in [1.82, 2.24) is 0 Å². The molecule has 1 N–H and O–H groups in total. The molecule has 0 heterocycles. The quantitative estimate of drug-likeness (QED) is 0.246. The second-order valence-electron chi connectivity index (χ2n) is 0.238. The van der Waals surface area contributed by atoms with Crippen LogP contribution in [-0.2, 0) is 0 Å². The van der Waals surface area contributed by atoms with Crippen molar-refractivity contribution in [2.45, 2.75) is 0 Å². The van der Waals surface area contributed by atoms with Crippen LogP contribution in [0.25, 0.3) is 0 Å². The topological polar surface area (TPSA) is 63.4 Å². The molecule has 0 aliphatic rings. The van der Waals surface area contributed by atoms with Crippen LogP contribution in [0, 0.1) is 10.1 Å². The number of hydrogen-bond acceptors (Lipinski definition) is 2. The monoisotopic (exact) mass is 145 g/mol. The van der Waals surface area contributed by atoms with Crippen LogP contribution in [0.3, 0.4) is 0 Å². The van der Waals surface area contributed by atoms with Gasteiger partial charge in [0.1, 0.15) is 0 Å². The van der Waals surface area contributed by atoms with Crippen molar-refractivity contribution >= 4 is 89.1 Å². The van der Waals surface area contributed by atoms with Gasteiger partial charge in [0, 0.05) is 0 Å². The summed E-state index contributed by atoms with van der Waals surface area (Å²) in [5, 5.41) is 13.6. The molecule has 0 aromatic heterocycles. The van der Waals surface area contributed by atoms with E-state index in [9.17, 15) is 0 Å². The van der Waals surface area contributed by atoms with Gasteiger partial charge in [0.25, 0.3) is 5.09 Å². The molecule has 0 unspecified atom stereocenters. The molecule has 0 radical (unpaired) electrons. The van der Waals surface area contributed by atoms with Gasteiger partial charge in [0.05, 0.1) is 0 Å². The molecular weight excluding hydrogens is 141 g/mol. The van der Waals surface area contributed by atoms with Crippen LogP contribution in [-0.4, -0.2) is 99.4 Å². The van der Waals surface area contributed by atoms with Crippen molar-refractivity contribution in [3.8, 4) is 0 Å². The minimum absolute atomic E-state index is 0. The third-order valence-corrected chi connectivity index (χ3v) is 0. The summed E-state index contributed by atoms with van der Waals surface area (Å²) in [5.74, 6) is 0. The summed E-state index contributed by atoms with van der Waals surface area (Å²) in [4.78, 5) is 8.36. The Hall–Kier alpha value is 2.10. The van der Waals surface area contributed by atoms with E-state index in [4.69, 9.17) is 15.3 Å². The van der Waals surface area contributed by atoms with E-state index in [0.29, 0.717) is 0 Å². The van der Waals surface area contributed by atoms with E-state index in [1.165, 1.54) is 0 Å². The SMILES string of the molecule is O=[N+]([O-])O.[CaH2].[KH]. The molecule has 30 valence electrons. The van der Waals surface area contributed by atoms with Gasteiger partial charge in [-0.1, -0.05) is 0 Å².